The number of nitrogens with two attached hydrogens (primary N) is 2. The maximum Gasteiger partial charge on any atom is 0.211 e. The van der Waals surface area contributed by atoms with Crippen molar-refractivity contribution in [1.29, 1.82) is 0 Å². The average molecular weight is 542 g/mol. The topological polar surface area (TPSA) is 155 Å². The summed E-state index contributed by atoms with van der Waals surface area (Å²) in [4.78, 5) is 19.8. The summed E-state index contributed by atoms with van der Waals surface area (Å²) in [5, 5.41) is 3.34. The Balaban J connectivity index is 1.65. The van der Waals surface area contributed by atoms with Crippen LogP contribution < -0.4 is 16.8 Å². The molecule has 1 atom stereocenters. The van der Waals surface area contributed by atoms with Gasteiger partial charge in [-0.2, -0.15) is 4.31 Å². The third-order valence-electron chi connectivity index (χ3n) is 6.14. The lowest BCUT2D eigenvalue weighted by atomic mass is 10.0. The highest BCUT2D eigenvalue weighted by Crippen LogP contribution is 2.28. The van der Waals surface area contributed by atoms with E-state index in [0.29, 0.717) is 43.4 Å². The van der Waals surface area contributed by atoms with Gasteiger partial charge in [-0.25, -0.2) is 28.4 Å². The molecular weight excluding hydrogens is 510 g/mol. The molecule has 1 unspecified atom stereocenters. The fourth-order valence-corrected chi connectivity index (χ4v) is 5.66. The van der Waals surface area contributed by atoms with Crippen molar-refractivity contribution in [2.45, 2.75) is 19.9 Å². The van der Waals surface area contributed by atoms with Gasteiger partial charge < -0.3 is 16.8 Å². The predicted molar refractivity (Wildman–Crippen MR) is 151 cm³/mol. The lowest BCUT2D eigenvalue weighted by molar-refractivity contribution is 0.146. The lowest BCUT2D eigenvalue weighted by Crippen LogP contribution is -2.48. The number of hydrogen-bond donors (Lipinski definition) is 3. The number of sulfonamides is 1. The van der Waals surface area contributed by atoms with Crippen molar-refractivity contribution in [3.8, 4) is 0 Å². The minimum atomic E-state index is -3.20. The van der Waals surface area contributed by atoms with Crippen LogP contribution >= 0.6 is 11.3 Å². The second kappa shape index (κ2) is 10.9. The first-order valence-corrected chi connectivity index (χ1v) is 14.4. The van der Waals surface area contributed by atoms with E-state index in [9.17, 15) is 8.42 Å². The van der Waals surface area contributed by atoms with Crippen LogP contribution in [0.3, 0.4) is 0 Å². The van der Waals surface area contributed by atoms with E-state index in [4.69, 9.17) is 16.5 Å². The van der Waals surface area contributed by atoms with E-state index < -0.39 is 10.0 Å². The molecule has 1 aliphatic rings. The second-order valence-corrected chi connectivity index (χ2v) is 11.7. The lowest BCUT2D eigenvalue weighted by Gasteiger charge is -2.37. The summed E-state index contributed by atoms with van der Waals surface area (Å²) in [6.45, 7) is 9.47. The summed E-state index contributed by atoms with van der Waals surface area (Å²) in [5.41, 5.74) is 17.1. The van der Waals surface area contributed by atoms with Gasteiger partial charge in [0.25, 0.3) is 0 Å². The Morgan fingerprint density at radius 3 is 2.57 bits per heavy atom. The van der Waals surface area contributed by atoms with Gasteiger partial charge in [0.15, 0.2) is 0 Å². The van der Waals surface area contributed by atoms with Gasteiger partial charge >= 0.3 is 0 Å². The first-order chi connectivity index (χ1) is 17.5. The number of fused-ring (bicyclic) bond motifs is 1. The van der Waals surface area contributed by atoms with E-state index in [-0.39, 0.29) is 17.7 Å². The predicted octanol–water partition coefficient (Wildman–Crippen LogP) is 2.63. The molecule has 3 heterocycles. The van der Waals surface area contributed by atoms with E-state index in [1.54, 1.807) is 24.5 Å². The molecule has 11 nitrogen and oxygen atoms in total. The highest BCUT2D eigenvalue weighted by atomic mass is 32.2. The fourth-order valence-electron chi connectivity index (χ4n) is 4.18. The SMILES string of the molecule is C=C(N)N=C(C)N=C(N)c1cc(C(C)N2CCN(S(C)(=O)=O)CC2)cnc1Nc1ccc2scnc2c1. The van der Waals surface area contributed by atoms with Gasteiger partial charge in [0.1, 0.15) is 23.3 Å². The molecule has 37 heavy (non-hydrogen) atoms. The quantitative estimate of drug-likeness (QED) is 0.304. The molecule has 1 saturated heterocycles. The number of nitrogens with one attached hydrogen (secondary N) is 1. The highest BCUT2D eigenvalue weighted by molar-refractivity contribution is 7.88. The van der Waals surface area contributed by atoms with Gasteiger partial charge in [-0.15, -0.1) is 11.3 Å². The van der Waals surface area contributed by atoms with E-state index in [1.165, 1.54) is 10.6 Å². The highest BCUT2D eigenvalue weighted by Gasteiger charge is 2.27. The number of aromatic nitrogens is 2. The number of pyridine rings is 1. The number of piperazine rings is 1. The molecule has 5 N–H and O–H groups in total. The van der Waals surface area contributed by atoms with Gasteiger partial charge in [-0.3, -0.25) is 4.90 Å². The van der Waals surface area contributed by atoms with Crippen LogP contribution in [0.2, 0.25) is 0 Å². The molecule has 13 heteroatoms. The fraction of sp³-hybridized carbons (Fsp3) is 0.333. The van der Waals surface area contributed by atoms with Gasteiger partial charge in [0.2, 0.25) is 10.0 Å². The average Bonchev–Trinajstić information content (AvgIpc) is 3.31. The minimum absolute atomic E-state index is 0.0141. The number of amidine groups is 2. The van der Waals surface area contributed by atoms with Gasteiger partial charge in [-0.05, 0) is 43.7 Å². The summed E-state index contributed by atoms with van der Waals surface area (Å²) in [7, 11) is -3.20. The van der Waals surface area contributed by atoms with Gasteiger partial charge in [0, 0.05) is 44.1 Å². The molecule has 4 rings (SSSR count). The largest absolute Gasteiger partial charge is 0.384 e. The smallest absolute Gasteiger partial charge is 0.211 e. The van der Waals surface area contributed by atoms with Crippen molar-refractivity contribution >= 4 is 54.8 Å². The third kappa shape index (κ3) is 6.49. The van der Waals surface area contributed by atoms with Crippen LogP contribution in [0.1, 0.15) is 31.0 Å². The Hall–Kier alpha value is -3.39. The van der Waals surface area contributed by atoms with Crippen LogP contribution in [0.5, 0.6) is 0 Å². The van der Waals surface area contributed by atoms with Gasteiger partial charge in [0.05, 0.1) is 27.5 Å². The second-order valence-electron chi connectivity index (χ2n) is 8.85. The Bertz CT molecular complexity index is 1470. The van der Waals surface area contributed by atoms with Crippen LogP contribution in [0, 0.1) is 0 Å². The van der Waals surface area contributed by atoms with Crippen molar-refractivity contribution in [3.63, 3.8) is 0 Å². The van der Waals surface area contributed by atoms with Crippen molar-refractivity contribution in [2.24, 2.45) is 21.5 Å². The maximum atomic E-state index is 11.9. The molecule has 3 aromatic rings. The molecule has 0 saturated carbocycles. The summed E-state index contributed by atoms with van der Waals surface area (Å²) in [6, 6.07) is 7.85. The van der Waals surface area contributed by atoms with Crippen molar-refractivity contribution in [3.05, 3.63) is 59.5 Å². The molecular formula is C24H31N9O2S2. The van der Waals surface area contributed by atoms with Crippen molar-refractivity contribution < 1.29 is 8.42 Å². The minimum Gasteiger partial charge on any atom is -0.384 e. The van der Waals surface area contributed by atoms with Crippen molar-refractivity contribution in [2.75, 3.05) is 37.8 Å². The van der Waals surface area contributed by atoms with Crippen LogP contribution in [0.25, 0.3) is 10.2 Å². The number of benzene rings is 1. The van der Waals surface area contributed by atoms with E-state index >= 15 is 0 Å². The number of nitrogens with zero attached hydrogens (tertiary/aromatic N) is 6. The zero-order chi connectivity index (χ0) is 26.7. The van der Waals surface area contributed by atoms with Crippen LogP contribution in [0.4, 0.5) is 11.5 Å². The molecule has 1 fully saturated rings. The van der Waals surface area contributed by atoms with Crippen molar-refractivity contribution in [1.82, 2.24) is 19.2 Å². The molecule has 1 aromatic carbocycles. The zero-order valence-corrected chi connectivity index (χ0v) is 22.7. The molecule has 196 valence electrons. The summed E-state index contributed by atoms with van der Waals surface area (Å²) >= 11 is 1.58. The number of thiazole rings is 1. The normalized spacial score (nSPS) is 17.2. The Kier molecular flexibility index (Phi) is 7.87. The third-order valence-corrected chi connectivity index (χ3v) is 8.25. The Morgan fingerprint density at radius 1 is 1.16 bits per heavy atom. The monoisotopic (exact) mass is 541 g/mol. The molecule has 0 aliphatic carbocycles. The maximum absolute atomic E-state index is 11.9. The first-order valence-electron chi connectivity index (χ1n) is 11.6. The summed E-state index contributed by atoms with van der Waals surface area (Å²) in [6.07, 6.45) is 3.05. The zero-order valence-electron chi connectivity index (χ0n) is 21.0. The summed E-state index contributed by atoms with van der Waals surface area (Å²) in [5.74, 6) is 1.27. The van der Waals surface area contributed by atoms with Crippen LogP contribution in [-0.2, 0) is 10.0 Å². The van der Waals surface area contributed by atoms with Gasteiger partial charge in [-0.1, -0.05) is 6.58 Å². The Labute approximate surface area is 220 Å². The first kappa shape index (κ1) is 26.7. The molecule has 1 aliphatic heterocycles. The Morgan fingerprint density at radius 2 is 1.89 bits per heavy atom. The number of rotatable bonds is 7. The molecule has 0 amide bonds. The van der Waals surface area contributed by atoms with E-state index in [0.717, 1.165) is 21.5 Å². The number of anilines is 2. The molecule has 0 spiro atoms. The van der Waals surface area contributed by atoms with E-state index in [1.807, 2.05) is 29.8 Å². The molecule has 0 bridgehead atoms. The summed E-state index contributed by atoms with van der Waals surface area (Å²) < 4.78 is 26.4. The standard InChI is InChI=1S/C24H31N9O2S2/c1-15(32-7-9-33(10-8-32)37(4,34)35)18-11-20(23(26)30-17(3)29-16(2)25)24(27-13-18)31-19-5-6-22-21(12-19)28-14-36-22/h5-6,11-15H,2,7-10,25H2,1,3-4H3,(H,27,31)(H2,26,29,30). The number of aliphatic imine (C=N–C) groups is 2. The molecule has 0 radical (unpaired) electrons. The van der Waals surface area contributed by atoms with Crippen LogP contribution in [-0.4, -0.2) is 71.7 Å². The molecule has 2 aromatic heterocycles. The number of hydrogen-bond acceptors (Lipinski definition) is 9. The van der Waals surface area contributed by atoms with Crippen LogP contribution in [0.15, 0.2) is 58.4 Å². The van der Waals surface area contributed by atoms with E-state index in [2.05, 4.69) is 38.7 Å².